The average molecular weight is 300 g/mol. The number of nitrogens with zero attached hydrogens (tertiary/aromatic N) is 1. The van der Waals surface area contributed by atoms with E-state index in [0.29, 0.717) is 0 Å². The lowest BCUT2D eigenvalue weighted by molar-refractivity contribution is -0.151. The van der Waals surface area contributed by atoms with Gasteiger partial charge in [0, 0.05) is 16.4 Å². The summed E-state index contributed by atoms with van der Waals surface area (Å²) in [6.45, 7) is 5.82. The summed E-state index contributed by atoms with van der Waals surface area (Å²) in [7, 11) is 1.42. The topological polar surface area (TPSA) is 39.2 Å². The van der Waals surface area contributed by atoms with Crippen LogP contribution < -0.4 is 0 Å². The Morgan fingerprint density at radius 3 is 2.71 bits per heavy atom. The summed E-state index contributed by atoms with van der Waals surface area (Å²) in [6, 6.07) is 2.04. The van der Waals surface area contributed by atoms with Gasteiger partial charge in [0.25, 0.3) is 0 Å². The Morgan fingerprint density at radius 1 is 1.53 bits per heavy atom. The fourth-order valence-electron chi connectivity index (χ4n) is 1.55. The molecule has 4 heteroatoms. The minimum absolute atomic E-state index is 0.175. The predicted molar refractivity (Wildman–Crippen MR) is 70.8 cm³/mol. The van der Waals surface area contributed by atoms with Crippen LogP contribution in [0.1, 0.15) is 31.5 Å². The number of aryl methyl sites for hydroxylation is 2. The van der Waals surface area contributed by atoms with Crippen molar-refractivity contribution in [2.75, 3.05) is 7.11 Å². The number of methoxy groups -OCH3 is 1. The van der Waals surface area contributed by atoms with Crippen LogP contribution in [0.3, 0.4) is 0 Å². The summed E-state index contributed by atoms with van der Waals surface area (Å²) in [4.78, 5) is 15.9. The van der Waals surface area contributed by atoms with E-state index in [1.807, 2.05) is 26.8 Å². The molecule has 0 unspecified atom stereocenters. The van der Waals surface area contributed by atoms with E-state index in [9.17, 15) is 4.79 Å². The van der Waals surface area contributed by atoms with Crippen LogP contribution in [0.15, 0.2) is 16.7 Å². The van der Waals surface area contributed by atoms with Crippen molar-refractivity contribution < 1.29 is 9.53 Å². The molecule has 0 aromatic carbocycles. The third kappa shape index (κ3) is 3.80. The Kier molecular flexibility index (Phi) is 4.69. The predicted octanol–water partition coefficient (Wildman–Crippen LogP) is 3.28. The summed E-state index contributed by atoms with van der Waals surface area (Å²) >= 11 is 3.42. The first kappa shape index (κ1) is 14.2. The minimum atomic E-state index is -0.461. The van der Waals surface area contributed by atoms with Gasteiger partial charge in [0.15, 0.2) is 0 Å². The molecular weight excluding hydrogens is 282 g/mol. The van der Waals surface area contributed by atoms with Gasteiger partial charge in [-0.3, -0.25) is 9.78 Å². The van der Waals surface area contributed by atoms with Gasteiger partial charge in [0.05, 0.1) is 12.5 Å². The van der Waals surface area contributed by atoms with E-state index in [1.165, 1.54) is 7.11 Å². The second-order valence-corrected chi connectivity index (χ2v) is 5.65. The van der Waals surface area contributed by atoms with E-state index in [0.717, 1.165) is 28.6 Å². The fraction of sp³-hybridized carbons (Fsp3) is 0.538. The summed E-state index contributed by atoms with van der Waals surface area (Å²) in [5.74, 6) is -0.175. The smallest absolute Gasteiger partial charge is 0.311 e. The Bertz CT molecular complexity index is 416. The Hall–Kier alpha value is -0.900. The number of halogens is 1. The van der Waals surface area contributed by atoms with Gasteiger partial charge in [-0.15, -0.1) is 0 Å². The molecule has 0 atom stereocenters. The molecule has 0 amide bonds. The third-order valence-electron chi connectivity index (χ3n) is 2.85. The molecule has 1 rings (SSSR count). The zero-order chi connectivity index (χ0) is 13.1. The SMILES string of the molecule is COC(=O)C(C)(C)CCc1cc(C)c(Br)cn1. The van der Waals surface area contributed by atoms with Crippen LogP contribution in [0.2, 0.25) is 0 Å². The lowest BCUT2D eigenvalue weighted by atomic mass is 9.87. The van der Waals surface area contributed by atoms with Crippen LogP contribution >= 0.6 is 15.9 Å². The summed E-state index contributed by atoms with van der Waals surface area (Å²) < 4.78 is 5.79. The fourth-order valence-corrected chi connectivity index (χ4v) is 1.77. The van der Waals surface area contributed by atoms with E-state index in [1.54, 1.807) is 6.20 Å². The van der Waals surface area contributed by atoms with Crippen molar-refractivity contribution in [2.24, 2.45) is 5.41 Å². The van der Waals surface area contributed by atoms with E-state index in [2.05, 4.69) is 20.9 Å². The molecule has 0 N–H and O–H groups in total. The molecule has 1 aromatic heterocycles. The lowest BCUT2D eigenvalue weighted by Crippen LogP contribution is -2.26. The Labute approximate surface area is 111 Å². The second kappa shape index (κ2) is 5.63. The molecule has 0 aliphatic carbocycles. The number of hydrogen-bond donors (Lipinski definition) is 0. The molecule has 0 bridgehead atoms. The maximum absolute atomic E-state index is 11.5. The molecule has 0 aliphatic heterocycles. The second-order valence-electron chi connectivity index (χ2n) is 4.80. The van der Waals surface area contributed by atoms with Crippen LogP contribution in [0.4, 0.5) is 0 Å². The molecule has 0 aliphatic rings. The maximum Gasteiger partial charge on any atom is 0.311 e. The highest BCUT2D eigenvalue weighted by Gasteiger charge is 2.28. The largest absolute Gasteiger partial charge is 0.469 e. The molecule has 1 aromatic rings. The van der Waals surface area contributed by atoms with Crippen molar-refractivity contribution in [3.8, 4) is 0 Å². The maximum atomic E-state index is 11.5. The van der Waals surface area contributed by atoms with E-state index < -0.39 is 5.41 Å². The van der Waals surface area contributed by atoms with Gasteiger partial charge in [-0.05, 0) is 61.2 Å². The van der Waals surface area contributed by atoms with Crippen molar-refractivity contribution in [1.29, 1.82) is 0 Å². The first-order chi connectivity index (χ1) is 7.86. The van der Waals surface area contributed by atoms with Crippen molar-refractivity contribution in [2.45, 2.75) is 33.6 Å². The van der Waals surface area contributed by atoms with Gasteiger partial charge >= 0.3 is 5.97 Å². The van der Waals surface area contributed by atoms with Crippen LogP contribution in [0.25, 0.3) is 0 Å². The molecule has 3 nitrogen and oxygen atoms in total. The van der Waals surface area contributed by atoms with Gasteiger partial charge in [-0.25, -0.2) is 0 Å². The van der Waals surface area contributed by atoms with Crippen molar-refractivity contribution in [3.63, 3.8) is 0 Å². The molecular formula is C13H18BrNO2. The van der Waals surface area contributed by atoms with Crippen LogP contribution in [-0.4, -0.2) is 18.1 Å². The number of hydrogen-bond acceptors (Lipinski definition) is 3. The summed E-state index contributed by atoms with van der Waals surface area (Å²) in [5.41, 5.74) is 1.70. The Balaban J connectivity index is 2.67. The normalized spacial score (nSPS) is 11.4. The van der Waals surface area contributed by atoms with Gasteiger partial charge in [0.2, 0.25) is 0 Å². The van der Waals surface area contributed by atoms with Crippen molar-refractivity contribution in [1.82, 2.24) is 4.98 Å². The number of carbonyl (C=O) groups excluding carboxylic acids is 1. The van der Waals surface area contributed by atoms with Gasteiger partial charge in [0.1, 0.15) is 0 Å². The molecule has 17 heavy (non-hydrogen) atoms. The first-order valence-electron chi connectivity index (χ1n) is 5.56. The highest BCUT2D eigenvalue weighted by molar-refractivity contribution is 9.10. The highest BCUT2D eigenvalue weighted by Crippen LogP contribution is 2.24. The summed E-state index contributed by atoms with van der Waals surface area (Å²) in [5, 5.41) is 0. The molecule has 0 spiro atoms. The van der Waals surface area contributed by atoms with E-state index in [-0.39, 0.29) is 5.97 Å². The third-order valence-corrected chi connectivity index (χ3v) is 3.68. The van der Waals surface area contributed by atoms with Gasteiger partial charge < -0.3 is 4.74 Å². The van der Waals surface area contributed by atoms with Crippen LogP contribution in [0.5, 0.6) is 0 Å². The van der Waals surface area contributed by atoms with Gasteiger partial charge in [-0.2, -0.15) is 0 Å². The Morgan fingerprint density at radius 2 is 2.18 bits per heavy atom. The number of carbonyl (C=O) groups is 1. The number of pyridine rings is 1. The standard InChI is InChI=1S/C13H18BrNO2/c1-9-7-10(15-8-11(9)14)5-6-13(2,3)12(16)17-4/h7-8H,5-6H2,1-4H3. The highest BCUT2D eigenvalue weighted by atomic mass is 79.9. The quantitative estimate of drug-likeness (QED) is 0.801. The minimum Gasteiger partial charge on any atom is -0.469 e. The zero-order valence-corrected chi connectivity index (χ0v) is 12.3. The van der Waals surface area contributed by atoms with Crippen molar-refractivity contribution in [3.05, 3.63) is 28.0 Å². The summed E-state index contributed by atoms with van der Waals surface area (Å²) in [6.07, 6.45) is 3.31. The monoisotopic (exact) mass is 299 g/mol. The van der Waals surface area contributed by atoms with Crippen LogP contribution in [0, 0.1) is 12.3 Å². The molecule has 0 saturated carbocycles. The van der Waals surface area contributed by atoms with Gasteiger partial charge in [-0.1, -0.05) is 0 Å². The van der Waals surface area contributed by atoms with E-state index >= 15 is 0 Å². The number of rotatable bonds is 4. The van der Waals surface area contributed by atoms with E-state index in [4.69, 9.17) is 4.74 Å². The molecule has 0 saturated heterocycles. The average Bonchev–Trinajstić information content (AvgIpc) is 2.29. The van der Waals surface area contributed by atoms with Crippen LogP contribution in [-0.2, 0) is 16.0 Å². The molecule has 0 radical (unpaired) electrons. The zero-order valence-electron chi connectivity index (χ0n) is 10.7. The van der Waals surface area contributed by atoms with Crippen molar-refractivity contribution >= 4 is 21.9 Å². The lowest BCUT2D eigenvalue weighted by Gasteiger charge is -2.20. The first-order valence-corrected chi connectivity index (χ1v) is 6.35. The molecule has 0 fully saturated rings. The number of esters is 1. The molecule has 1 heterocycles. The number of ether oxygens (including phenoxy) is 1. The molecule has 94 valence electrons. The number of aromatic nitrogens is 1.